The number of methoxy groups -OCH3 is 1. The summed E-state index contributed by atoms with van der Waals surface area (Å²) in [6.07, 6.45) is -3.17. The quantitative estimate of drug-likeness (QED) is 0.879. The molecular weight excluding hydrogens is 359 g/mol. The molecule has 5 unspecified atom stereocenters. The van der Waals surface area contributed by atoms with Gasteiger partial charge < -0.3 is 9.84 Å². The van der Waals surface area contributed by atoms with Crippen LogP contribution in [-0.4, -0.2) is 43.6 Å². The van der Waals surface area contributed by atoms with Crippen molar-refractivity contribution in [2.45, 2.75) is 36.1 Å². The van der Waals surface area contributed by atoms with E-state index in [0.29, 0.717) is 18.1 Å². The Morgan fingerprint density at radius 2 is 1.96 bits per heavy atom. The van der Waals surface area contributed by atoms with Gasteiger partial charge in [0.1, 0.15) is 10.6 Å². The fourth-order valence-electron chi connectivity index (χ4n) is 4.96. The first-order valence-electron chi connectivity index (χ1n) is 8.09. The van der Waals surface area contributed by atoms with Crippen molar-refractivity contribution in [1.29, 1.82) is 0 Å². The van der Waals surface area contributed by atoms with Crippen molar-refractivity contribution >= 4 is 10.0 Å². The van der Waals surface area contributed by atoms with E-state index in [4.69, 9.17) is 4.74 Å². The third-order valence-corrected chi connectivity index (χ3v) is 7.81. The molecule has 1 heterocycles. The lowest BCUT2D eigenvalue weighted by molar-refractivity contribution is -0.137. The molecule has 0 spiro atoms. The van der Waals surface area contributed by atoms with E-state index >= 15 is 0 Å². The molecule has 9 heteroatoms. The number of sulfonamides is 1. The molecule has 1 aliphatic heterocycles. The van der Waals surface area contributed by atoms with Crippen LogP contribution in [0.4, 0.5) is 13.2 Å². The Hall–Kier alpha value is -1.32. The molecule has 2 aliphatic carbocycles. The largest absolute Gasteiger partial charge is 0.507 e. The zero-order valence-electron chi connectivity index (χ0n) is 13.4. The number of fused-ring (bicyclic) bond motifs is 1. The first kappa shape index (κ1) is 17.1. The molecular formula is C16H18F3NO4S. The molecule has 138 valence electrons. The van der Waals surface area contributed by atoms with Crippen molar-refractivity contribution in [3.05, 3.63) is 23.8 Å². The molecule has 1 aromatic carbocycles. The van der Waals surface area contributed by atoms with Crippen molar-refractivity contribution in [2.75, 3.05) is 13.7 Å². The summed E-state index contributed by atoms with van der Waals surface area (Å²) in [5, 5.41) is 9.93. The first-order valence-corrected chi connectivity index (χ1v) is 9.53. The van der Waals surface area contributed by atoms with E-state index in [1.807, 2.05) is 0 Å². The second-order valence-corrected chi connectivity index (χ2v) is 8.96. The maximum absolute atomic E-state index is 13.0. The number of aromatic hydroxyl groups is 1. The summed E-state index contributed by atoms with van der Waals surface area (Å²) < 4.78 is 71.7. The van der Waals surface area contributed by atoms with Crippen LogP contribution >= 0.6 is 0 Å². The van der Waals surface area contributed by atoms with Gasteiger partial charge in [-0.2, -0.15) is 17.5 Å². The zero-order valence-corrected chi connectivity index (χ0v) is 14.2. The van der Waals surface area contributed by atoms with Crippen molar-refractivity contribution in [1.82, 2.24) is 4.31 Å². The molecule has 3 fully saturated rings. The number of hydrogen-bond donors (Lipinski definition) is 1. The van der Waals surface area contributed by atoms with Crippen molar-refractivity contribution in [3.63, 3.8) is 0 Å². The average molecular weight is 377 g/mol. The monoisotopic (exact) mass is 377 g/mol. The summed E-state index contributed by atoms with van der Waals surface area (Å²) in [6.45, 7) is 0.268. The van der Waals surface area contributed by atoms with Crippen LogP contribution in [0.15, 0.2) is 23.1 Å². The van der Waals surface area contributed by atoms with Crippen LogP contribution in [0.3, 0.4) is 0 Å². The van der Waals surface area contributed by atoms with Gasteiger partial charge >= 0.3 is 6.18 Å². The Morgan fingerprint density at radius 1 is 1.24 bits per heavy atom. The second-order valence-electron chi connectivity index (χ2n) is 7.10. The number of halogens is 3. The van der Waals surface area contributed by atoms with Gasteiger partial charge in [0.05, 0.1) is 17.7 Å². The lowest BCUT2D eigenvalue weighted by Crippen LogP contribution is -2.44. The van der Waals surface area contributed by atoms with Gasteiger partial charge in [-0.25, -0.2) is 8.42 Å². The Balaban J connectivity index is 1.76. The molecule has 0 radical (unpaired) electrons. The minimum Gasteiger partial charge on any atom is -0.507 e. The lowest BCUT2D eigenvalue weighted by Gasteiger charge is -2.31. The van der Waals surface area contributed by atoms with Gasteiger partial charge in [-0.15, -0.1) is 0 Å². The third kappa shape index (κ3) is 2.39. The molecule has 3 aliphatic rings. The Bertz CT molecular complexity index is 808. The molecule has 1 aromatic rings. The van der Waals surface area contributed by atoms with Gasteiger partial charge in [0, 0.05) is 13.7 Å². The first-order chi connectivity index (χ1) is 11.6. The lowest BCUT2D eigenvalue weighted by atomic mass is 9.88. The molecule has 0 aromatic heterocycles. The normalized spacial score (nSPS) is 34.8. The van der Waals surface area contributed by atoms with Gasteiger partial charge in [0.25, 0.3) is 0 Å². The number of rotatable bonds is 3. The Kier molecular flexibility index (Phi) is 3.66. The van der Waals surface area contributed by atoms with Gasteiger partial charge in [-0.1, -0.05) is 0 Å². The van der Waals surface area contributed by atoms with Gasteiger partial charge in [-0.05, 0) is 48.8 Å². The molecule has 5 nitrogen and oxygen atoms in total. The highest BCUT2D eigenvalue weighted by Crippen LogP contribution is 2.57. The topological polar surface area (TPSA) is 66.8 Å². The van der Waals surface area contributed by atoms with Crippen LogP contribution in [0.1, 0.15) is 18.4 Å². The van der Waals surface area contributed by atoms with E-state index in [1.165, 1.54) is 11.4 Å². The van der Waals surface area contributed by atoms with Crippen molar-refractivity contribution in [2.24, 2.45) is 17.8 Å². The van der Waals surface area contributed by atoms with Gasteiger partial charge in [0.15, 0.2) is 0 Å². The number of ether oxygens (including phenoxy) is 1. The van der Waals surface area contributed by atoms with Crippen LogP contribution < -0.4 is 0 Å². The van der Waals surface area contributed by atoms with E-state index in [0.717, 1.165) is 18.9 Å². The summed E-state index contributed by atoms with van der Waals surface area (Å²) in [4.78, 5) is -0.693. The third-order valence-electron chi connectivity index (χ3n) is 5.92. The minimum absolute atomic E-state index is 0.178. The van der Waals surface area contributed by atoms with Crippen molar-refractivity contribution in [3.8, 4) is 5.75 Å². The summed E-state index contributed by atoms with van der Waals surface area (Å²) in [5.74, 6) is 0.0119. The highest BCUT2D eigenvalue weighted by Gasteiger charge is 2.62. The second kappa shape index (κ2) is 5.34. The fourth-order valence-corrected chi connectivity index (χ4v) is 6.81. The van der Waals surface area contributed by atoms with E-state index in [9.17, 15) is 26.7 Å². The summed E-state index contributed by atoms with van der Waals surface area (Å²) in [6, 6.07) is 1.60. The fraction of sp³-hybridized carbons (Fsp3) is 0.625. The summed E-state index contributed by atoms with van der Waals surface area (Å²) >= 11 is 0. The maximum Gasteiger partial charge on any atom is 0.416 e. The standard InChI is InChI=1S/C16H18F3NO4S/c1-24-15-8-4-9-7-20(14(15)11(9)5-8)25(22,23)13-6-10(16(17,18)19)2-3-12(13)21/h2-3,6,8-9,11,14-15,21H,4-5,7H2,1H3. The molecule has 4 rings (SSSR count). The van der Waals surface area contributed by atoms with Gasteiger partial charge in [0.2, 0.25) is 10.0 Å². The van der Waals surface area contributed by atoms with Crippen LogP contribution in [0, 0.1) is 17.8 Å². The van der Waals surface area contributed by atoms with Crippen LogP contribution in [-0.2, 0) is 20.9 Å². The van der Waals surface area contributed by atoms with Gasteiger partial charge in [-0.3, -0.25) is 0 Å². The van der Waals surface area contributed by atoms with Crippen molar-refractivity contribution < 1.29 is 31.4 Å². The number of hydrogen-bond acceptors (Lipinski definition) is 4. The number of phenols is 1. The molecule has 2 saturated carbocycles. The SMILES string of the molecule is COC1C2CC3CN(S(=O)(=O)c4cc(C(F)(F)F)ccc4O)C1C3C2. The Labute approximate surface area is 143 Å². The summed E-state index contributed by atoms with van der Waals surface area (Å²) in [5.41, 5.74) is -1.10. The van der Waals surface area contributed by atoms with E-state index in [-0.39, 0.29) is 30.5 Å². The molecule has 1 N–H and O–H groups in total. The van der Waals surface area contributed by atoms with Crippen LogP contribution in [0.25, 0.3) is 0 Å². The number of phenolic OH excluding ortho intramolecular Hbond substituents is 1. The number of benzene rings is 1. The van der Waals surface area contributed by atoms with E-state index in [1.54, 1.807) is 0 Å². The van der Waals surface area contributed by atoms with E-state index < -0.39 is 32.4 Å². The molecule has 1 saturated heterocycles. The van der Waals surface area contributed by atoms with E-state index in [2.05, 4.69) is 0 Å². The average Bonchev–Trinajstić information content (AvgIpc) is 3.13. The highest BCUT2D eigenvalue weighted by atomic mass is 32.2. The minimum atomic E-state index is -4.68. The molecule has 2 bridgehead atoms. The predicted octanol–water partition coefficient (Wildman–Crippen LogP) is 2.45. The molecule has 25 heavy (non-hydrogen) atoms. The zero-order chi connectivity index (χ0) is 18.1. The van der Waals surface area contributed by atoms with Crippen LogP contribution in [0.2, 0.25) is 0 Å². The molecule has 0 amide bonds. The Morgan fingerprint density at radius 3 is 2.60 bits per heavy atom. The predicted molar refractivity (Wildman–Crippen MR) is 81.3 cm³/mol. The maximum atomic E-state index is 13.0. The van der Waals surface area contributed by atoms with Crippen LogP contribution in [0.5, 0.6) is 5.75 Å². The highest BCUT2D eigenvalue weighted by molar-refractivity contribution is 7.89. The smallest absolute Gasteiger partial charge is 0.416 e. The number of nitrogens with zero attached hydrogens (tertiary/aromatic N) is 1. The summed E-state index contributed by atoms with van der Waals surface area (Å²) in [7, 11) is -2.72. The molecule has 5 atom stereocenters. The number of alkyl halides is 3.